The van der Waals surface area contributed by atoms with Gasteiger partial charge in [-0.25, -0.2) is 4.79 Å². The van der Waals surface area contributed by atoms with Gasteiger partial charge in [-0.3, -0.25) is 4.79 Å². The monoisotopic (exact) mass is 321 g/mol. The molecule has 3 rings (SSSR count). The van der Waals surface area contributed by atoms with Gasteiger partial charge in [-0.15, -0.1) is 0 Å². The minimum absolute atomic E-state index is 0.167. The smallest absolute Gasteiger partial charge is 0.322 e. The van der Waals surface area contributed by atoms with E-state index in [-0.39, 0.29) is 23.7 Å². The quantitative estimate of drug-likeness (QED) is 0.752. The van der Waals surface area contributed by atoms with Gasteiger partial charge in [-0.2, -0.15) is 0 Å². The number of fused-ring (bicyclic) bond motifs is 1. The number of aromatic amines is 1. The fourth-order valence-corrected chi connectivity index (χ4v) is 2.87. The van der Waals surface area contributed by atoms with Gasteiger partial charge in [0.25, 0.3) is 0 Å². The number of halogens is 1. The van der Waals surface area contributed by atoms with Gasteiger partial charge < -0.3 is 20.3 Å². The number of amides is 2. The van der Waals surface area contributed by atoms with Gasteiger partial charge in [-0.05, 0) is 25.0 Å². The Morgan fingerprint density at radius 3 is 3.05 bits per heavy atom. The van der Waals surface area contributed by atoms with E-state index in [0.29, 0.717) is 28.9 Å². The number of pyridine rings is 1. The van der Waals surface area contributed by atoms with Crippen LogP contribution in [0.2, 0.25) is 5.02 Å². The molecule has 6 nitrogen and oxygen atoms in total. The summed E-state index contributed by atoms with van der Waals surface area (Å²) in [6.07, 6.45) is 2.37. The van der Waals surface area contributed by atoms with E-state index < -0.39 is 6.10 Å². The number of nitrogens with one attached hydrogen (secondary N) is 2. The number of hydrogen-bond acceptors (Lipinski definition) is 3. The molecule has 22 heavy (non-hydrogen) atoms. The maximum absolute atomic E-state index is 12.4. The van der Waals surface area contributed by atoms with Gasteiger partial charge >= 0.3 is 6.03 Å². The van der Waals surface area contributed by atoms with Crippen molar-refractivity contribution >= 4 is 34.2 Å². The number of nitrogens with zero attached hydrogens (tertiary/aromatic N) is 1. The predicted molar refractivity (Wildman–Crippen MR) is 85.4 cm³/mol. The number of benzene rings is 1. The SMILES string of the molecule is O=C(Nc1c[nH]c2c(Cl)cccc2c1=O)N1CCCC(O)C1. The number of hydrogen-bond donors (Lipinski definition) is 3. The van der Waals surface area contributed by atoms with E-state index in [1.54, 1.807) is 18.2 Å². The highest BCUT2D eigenvalue weighted by Gasteiger charge is 2.22. The number of rotatable bonds is 1. The number of likely N-dealkylation sites (tertiary alicyclic amines) is 1. The van der Waals surface area contributed by atoms with Crippen molar-refractivity contribution in [3.05, 3.63) is 39.6 Å². The lowest BCUT2D eigenvalue weighted by atomic mass is 10.1. The summed E-state index contributed by atoms with van der Waals surface area (Å²) in [5.41, 5.74) is 0.419. The van der Waals surface area contributed by atoms with Crippen LogP contribution in [0.3, 0.4) is 0 Å². The summed E-state index contributed by atoms with van der Waals surface area (Å²) in [6.45, 7) is 0.851. The van der Waals surface area contributed by atoms with Crippen LogP contribution in [0.1, 0.15) is 12.8 Å². The number of aliphatic hydroxyl groups excluding tert-OH is 1. The maximum atomic E-state index is 12.4. The highest BCUT2D eigenvalue weighted by atomic mass is 35.5. The van der Waals surface area contributed by atoms with Crippen molar-refractivity contribution in [3.8, 4) is 0 Å². The standard InChI is InChI=1S/C15H16ClN3O3/c16-11-5-1-4-10-13(11)17-7-12(14(10)21)18-15(22)19-6-2-3-9(20)8-19/h1,4-5,7,9,20H,2-3,6,8H2,(H,17,21)(H,18,22). The molecule has 1 aliphatic heterocycles. The predicted octanol–water partition coefficient (Wildman–Crippen LogP) is 2.17. The molecular weight excluding hydrogens is 306 g/mol. The second-order valence-electron chi connectivity index (χ2n) is 5.37. The van der Waals surface area contributed by atoms with Gasteiger partial charge in [0.2, 0.25) is 5.43 Å². The zero-order valence-corrected chi connectivity index (χ0v) is 12.6. The van der Waals surface area contributed by atoms with E-state index in [0.717, 1.165) is 6.42 Å². The summed E-state index contributed by atoms with van der Waals surface area (Å²) in [4.78, 5) is 29.0. The number of piperidine rings is 1. The van der Waals surface area contributed by atoms with Crippen LogP contribution in [0.4, 0.5) is 10.5 Å². The molecular formula is C15H16ClN3O3. The largest absolute Gasteiger partial charge is 0.391 e. The minimum atomic E-state index is -0.506. The van der Waals surface area contributed by atoms with E-state index >= 15 is 0 Å². The highest BCUT2D eigenvalue weighted by molar-refractivity contribution is 6.35. The molecule has 1 aromatic heterocycles. The first kappa shape index (κ1) is 14.9. The molecule has 2 amide bonds. The van der Waals surface area contributed by atoms with Crippen LogP contribution in [-0.4, -0.2) is 40.2 Å². The van der Waals surface area contributed by atoms with Crippen LogP contribution >= 0.6 is 11.6 Å². The fourth-order valence-electron chi connectivity index (χ4n) is 2.64. The Kier molecular flexibility index (Phi) is 4.04. The third kappa shape index (κ3) is 2.80. The number of aromatic nitrogens is 1. The van der Waals surface area contributed by atoms with Gasteiger partial charge in [0.1, 0.15) is 5.69 Å². The average Bonchev–Trinajstić information content (AvgIpc) is 2.50. The Hall–Kier alpha value is -2.05. The van der Waals surface area contributed by atoms with Gasteiger partial charge in [0.05, 0.1) is 16.6 Å². The molecule has 1 unspecified atom stereocenters. The van der Waals surface area contributed by atoms with Crippen molar-refractivity contribution < 1.29 is 9.90 Å². The molecule has 1 aliphatic rings. The van der Waals surface area contributed by atoms with Crippen molar-refractivity contribution in [2.75, 3.05) is 18.4 Å². The third-order valence-electron chi connectivity index (χ3n) is 3.79. The fraction of sp³-hybridized carbons (Fsp3) is 0.333. The summed E-state index contributed by atoms with van der Waals surface area (Å²) in [7, 11) is 0. The third-order valence-corrected chi connectivity index (χ3v) is 4.10. The molecule has 0 spiro atoms. The molecule has 3 N–H and O–H groups in total. The zero-order valence-electron chi connectivity index (χ0n) is 11.8. The molecule has 2 heterocycles. The summed E-state index contributed by atoms with van der Waals surface area (Å²) >= 11 is 6.03. The summed E-state index contributed by atoms with van der Waals surface area (Å²) in [5, 5.41) is 13.1. The molecule has 0 aliphatic carbocycles. The maximum Gasteiger partial charge on any atom is 0.322 e. The van der Waals surface area contributed by atoms with Crippen LogP contribution in [0.5, 0.6) is 0 Å². The summed E-state index contributed by atoms with van der Waals surface area (Å²) in [5.74, 6) is 0. The van der Waals surface area contributed by atoms with E-state index in [4.69, 9.17) is 11.6 Å². The second kappa shape index (κ2) is 5.98. The molecule has 2 aromatic rings. The number of carbonyl (C=O) groups excluding carboxylic acids is 1. The van der Waals surface area contributed by atoms with Crippen LogP contribution in [0.25, 0.3) is 10.9 Å². The van der Waals surface area contributed by atoms with E-state index in [9.17, 15) is 14.7 Å². The van der Waals surface area contributed by atoms with Crippen LogP contribution in [-0.2, 0) is 0 Å². The first-order valence-electron chi connectivity index (χ1n) is 7.10. The molecule has 0 radical (unpaired) electrons. The Morgan fingerprint density at radius 1 is 1.45 bits per heavy atom. The lowest BCUT2D eigenvalue weighted by Crippen LogP contribution is -2.44. The molecule has 1 atom stereocenters. The minimum Gasteiger partial charge on any atom is -0.391 e. The van der Waals surface area contributed by atoms with Crippen molar-refractivity contribution in [3.63, 3.8) is 0 Å². The average molecular weight is 322 g/mol. The first-order valence-corrected chi connectivity index (χ1v) is 7.48. The Labute approximate surface area is 131 Å². The number of urea groups is 1. The normalized spacial score (nSPS) is 18.5. The Morgan fingerprint density at radius 2 is 2.27 bits per heavy atom. The number of H-pyrrole nitrogens is 1. The van der Waals surface area contributed by atoms with E-state index in [1.807, 2.05) is 0 Å². The summed E-state index contributed by atoms with van der Waals surface area (Å²) < 4.78 is 0. The van der Waals surface area contributed by atoms with Gasteiger partial charge in [0, 0.05) is 24.7 Å². The zero-order chi connectivity index (χ0) is 15.7. The lowest BCUT2D eigenvalue weighted by molar-refractivity contribution is 0.0883. The van der Waals surface area contributed by atoms with Crippen molar-refractivity contribution in [1.29, 1.82) is 0 Å². The van der Waals surface area contributed by atoms with Gasteiger partial charge in [-0.1, -0.05) is 17.7 Å². The Bertz CT molecular complexity index is 774. The van der Waals surface area contributed by atoms with Crippen molar-refractivity contribution in [1.82, 2.24) is 9.88 Å². The van der Waals surface area contributed by atoms with Crippen molar-refractivity contribution in [2.45, 2.75) is 18.9 Å². The Balaban J connectivity index is 1.86. The lowest BCUT2D eigenvalue weighted by Gasteiger charge is -2.30. The number of anilines is 1. The molecule has 0 bridgehead atoms. The topological polar surface area (TPSA) is 85.4 Å². The molecule has 116 valence electrons. The van der Waals surface area contributed by atoms with E-state index in [1.165, 1.54) is 11.1 Å². The molecule has 1 fully saturated rings. The molecule has 1 aromatic carbocycles. The van der Waals surface area contributed by atoms with Gasteiger partial charge in [0.15, 0.2) is 0 Å². The van der Waals surface area contributed by atoms with E-state index in [2.05, 4.69) is 10.3 Å². The molecule has 1 saturated heterocycles. The second-order valence-corrected chi connectivity index (χ2v) is 5.77. The summed E-state index contributed by atoms with van der Waals surface area (Å²) in [6, 6.07) is 4.64. The highest BCUT2D eigenvalue weighted by Crippen LogP contribution is 2.20. The molecule has 7 heteroatoms. The number of carbonyl (C=O) groups is 1. The van der Waals surface area contributed by atoms with Crippen LogP contribution in [0.15, 0.2) is 29.2 Å². The van der Waals surface area contributed by atoms with Crippen LogP contribution < -0.4 is 10.7 Å². The first-order chi connectivity index (χ1) is 10.6. The van der Waals surface area contributed by atoms with Crippen molar-refractivity contribution in [2.24, 2.45) is 0 Å². The molecule has 0 saturated carbocycles. The number of para-hydroxylation sites is 1. The van der Waals surface area contributed by atoms with Crippen LogP contribution in [0, 0.1) is 0 Å². The number of β-amino-alcohol motifs (C(OH)–C–C–N with tert-alkyl or cyclic N) is 1. The number of aliphatic hydroxyl groups is 1.